The van der Waals surface area contributed by atoms with E-state index in [9.17, 15) is 0 Å². The maximum Gasteiger partial charge on any atom is 0.127 e. The third-order valence-corrected chi connectivity index (χ3v) is 4.41. The summed E-state index contributed by atoms with van der Waals surface area (Å²) in [7, 11) is 3.40. The third-order valence-electron chi connectivity index (χ3n) is 4.41. The van der Waals surface area contributed by atoms with Crippen LogP contribution < -0.4 is 14.8 Å². The van der Waals surface area contributed by atoms with Crippen LogP contribution in [0.1, 0.15) is 51.1 Å². The van der Waals surface area contributed by atoms with E-state index >= 15 is 0 Å². The number of ether oxygens (including phenoxy) is 2. The lowest BCUT2D eigenvalue weighted by Crippen LogP contribution is -2.34. The lowest BCUT2D eigenvalue weighted by Gasteiger charge is -2.30. The molecule has 0 amide bonds. The van der Waals surface area contributed by atoms with Crippen LogP contribution in [-0.4, -0.2) is 20.3 Å². The van der Waals surface area contributed by atoms with Gasteiger partial charge in [0.05, 0.1) is 14.2 Å². The SMILES string of the molecule is COc1ccc([C@H](C)NC2CCC(C)CC2)c(OC)c1. The Bertz CT molecular complexity index is 425. The molecule has 1 atom stereocenters. The van der Waals surface area contributed by atoms with Crippen LogP contribution in [-0.2, 0) is 0 Å². The zero-order chi connectivity index (χ0) is 14.5. The molecule has 1 aliphatic rings. The summed E-state index contributed by atoms with van der Waals surface area (Å²) < 4.78 is 10.7. The van der Waals surface area contributed by atoms with Gasteiger partial charge in [0.25, 0.3) is 0 Å². The van der Waals surface area contributed by atoms with Crippen molar-refractivity contribution in [1.29, 1.82) is 0 Å². The van der Waals surface area contributed by atoms with E-state index < -0.39 is 0 Å². The van der Waals surface area contributed by atoms with Gasteiger partial charge in [-0.25, -0.2) is 0 Å². The molecule has 0 aliphatic heterocycles. The molecule has 1 saturated carbocycles. The summed E-state index contributed by atoms with van der Waals surface area (Å²) in [6, 6.07) is 6.98. The van der Waals surface area contributed by atoms with Gasteiger partial charge in [0.1, 0.15) is 11.5 Å². The van der Waals surface area contributed by atoms with E-state index in [-0.39, 0.29) is 0 Å². The first-order chi connectivity index (χ1) is 9.63. The highest BCUT2D eigenvalue weighted by molar-refractivity contribution is 5.42. The second-order valence-electron chi connectivity index (χ2n) is 5.95. The zero-order valence-electron chi connectivity index (χ0n) is 13.1. The lowest BCUT2D eigenvalue weighted by atomic mass is 9.87. The Labute approximate surface area is 122 Å². The van der Waals surface area contributed by atoms with Crippen molar-refractivity contribution in [2.24, 2.45) is 5.92 Å². The second-order valence-corrected chi connectivity index (χ2v) is 5.95. The molecule has 112 valence electrons. The molecule has 1 aliphatic carbocycles. The molecule has 0 spiro atoms. The predicted octanol–water partition coefficient (Wildman–Crippen LogP) is 3.93. The van der Waals surface area contributed by atoms with Crippen molar-refractivity contribution in [2.45, 2.75) is 51.6 Å². The number of nitrogens with one attached hydrogen (secondary N) is 1. The Morgan fingerprint density at radius 2 is 1.80 bits per heavy atom. The summed E-state index contributed by atoms with van der Waals surface area (Å²) in [4.78, 5) is 0. The van der Waals surface area contributed by atoms with Gasteiger partial charge in [0, 0.05) is 23.7 Å². The quantitative estimate of drug-likeness (QED) is 0.884. The van der Waals surface area contributed by atoms with E-state index in [0.29, 0.717) is 12.1 Å². The molecular weight excluding hydrogens is 250 g/mol. The monoisotopic (exact) mass is 277 g/mol. The second kappa shape index (κ2) is 6.98. The van der Waals surface area contributed by atoms with E-state index in [0.717, 1.165) is 17.4 Å². The molecule has 1 aromatic rings. The van der Waals surface area contributed by atoms with Crippen molar-refractivity contribution < 1.29 is 9.47 Å². The van der Waals surface area contributed by atoms with E-state index in [1.807, 2.05) is 12.1 Å². The van der Waals surface area contributed by atoms with Gasteiger partial charge < -0.3 is 14.8 Å². The van der Waals surface area contributed by atoms with Gasteiger partial charge >= 0.3 is 0 Å². The first kappa shape index (κ1) is 15.2. The molecule has 1 fully saturated rings. The van der Waals surface area contributed by atoms with Crippen LogP contribution in [0, 0.1) is 5.92 Å². The number of benzene rings is 1. The molecule has 1 aromatic carbocycles. The van der Waals surface area contributed by atoms with E-state index in [1.54, 1.807) is 14.2 Å². The highest BCUT2D eigenvalue weighted by Gasteiger charge is 2.21. The van der Waals surface area contributed by atoms with Gasteiger partial charge in [-0.3, -0.25) is 0 Å². The van der Waals surface area contributed by atoms with E-state index in [1.165, 1.54) is 31.2 Å². The fourth-order valence-electron chi connectivity index (χ4n) is 3.05. The van der Waals surface area contributed by atoms with Gasteiger partial charge in [-0.15, -0.1) is 0 Å². The predicted molar refractivity (Wildman–Crippen MR) is 82.5 cm³/mol. The summed E-state index contributed by atoms with van der Waals surface area (Å²) in [6.45, 7) is 4.56. The highest BCUT2D eigenvalue weighted by Crippen LogP contribution is 2.31. The van der Waals surface area contributed by atoms with Crippen molar-refractivity contribution in [3.63, 3.8) is 0 Å². The molecular formula is C17H27NO2. The normalized spacial score (nSPS) is 24.2. The molecule has 0 saturated heterocycles. The van der Waals surface area contributed by atoms with Crippen molar-refractivity contribution >= 4 is 0 Å². The number of hydrogen-bond donors (Lipinski definition) is 1. The Morgan fingerprint density at radius 1 is 1.10 bits per heavy atom. The van der Waals surface area contributed by atoms with Crippen molar-refractivity contribution in [3.8, 4) is 11.5 Å². The van der Waals surface area contributed by atoms with Crippen LogP contribution in [0.3, 0.4) is 0 Å². The van der Waals surface area contributed by atoms with Crippen molar-refractivity contribution in [3.05, 3.63) is 23.8 Å². The molecule has 0 heterocycles. The zero-order valence-corrected chi connectivity index (χ0v) is 13.1. The molecule has 2 rings (SSSR count). The molecule has 0 unspecified atom stereocenters. The summed E-state index contributed by atoms with van der Waals surface area (Å²) in [5, 5.41) is 3.75. The number of methoxy groups -OCH3 is 2. The third kappa shape index (κ3) is 3.66. The van der Waals surface area contributed by atoms with Gasteiger partial charge in [-0.1, -0.05) is 13.0 Å². The van der Waals surface area contributed by atoms with Crippen LogP contribution in [0.15, 0.2) is 18.2 Å². The molecule has 0 aromatic heterocycles. The van der Waals surface area contributed by atoms with Crippen LogP contribution in [0.5, 0.6) is 11.5 Å². The molecule has 1 N–H and O–H groups in total. The van der Waals surface area contributed by atoms with Crippen LogP contribution in [0.2, 0.25) is 0 Å². The number of hydrogen-bond acceptors (Lipinski definition) is 3. The Hall–Kier alpha value is -1.22. The fraction of sp³-hybridized carbons (Fsp3) is 0.647. The summed E-state index contributed by atoms with van der Waals surface area (Å²) >= 11 is 0. The molecule has 3 nitrogen and oxygen atoms in total. The largest absolute Gasteiger partial charge is 0.497 e. The van der Waals surface area contributed by atoms with Crippen molar-refractivity contribution in [1.82, 2.24) is 5.32 Å². The van der Waals surface area contributed by atoms with E-state index in [4.69, 9.17) is 9.47 Å². The molecule has 20 heavy (non-hydrogen) atoms. The lowest BCUT2D eigenvalue weighted by molar-refractivity contribution is 0.289. The van der Waals surface area contributed by atoms with Gasteiger partial charge in [0.2, 0.25) is 0 Å². The topological polar surface area (TPSA) is 30.5 Å². The minimum atomic E-state index is 0.300. The van der Waals surface area contributed by atoms with Crippen LogP contribution in [0.4, 0.5) is 0 Å². The van der Waals surface area contributed by atoms with E-state index in [2.05, 4.69) is 25.2 Å². The Balaban J connectivity index is 2.03. The highest BCUT2D eigenvalue weighted by atomic mass is 16.5. The van der Waals surface area contributed by atoms with Crippen LogP contribution in [0.25, 0.3) is 0 Å². The molecule has 3 heteroatoms. The molecule has 0 bridgehead atoms. The minimum Gasteiger partial charge on any atom is -0.497 e. The average molecular weight is 277 g/mol. The standard InChI is InChI=1S/C17H27NO2/c1-12-5-7-14(8-6-12)18-13(2)16-10-9-15(19-3)11-17(16)20-4/h9-14,18H,5-8H2,1-4H3/t12?,13-,14?/m0/s1. The molecule has 0 radical (unpaired) electrons. The maximum absolute atomic E-state index is 5.50. The summed E-state index contributed by atoms with van der Waals surface area (Å²) in [6.07, 6.45) is 5.24. The number of rotatable bonds is 5. The fourth-order valence-corrected chi connectivity index (χ4v) is 3.05. The smallest absolute Gasteiger partial charge is 0.127 e. The van der Waals surface area contributed by atoms with Gasteiger partial charge in [-0.05, 0) is 44.6 Å². The first-order valence-corrected chi connectivity index (χ1v) is 7.62. The summed E-state index contributed by atoms with van der Waals surface area (Å²) in [5.41, 5.74) is 1.20. The Kier molecular flexibility index (Phi) is 5.30. The maximum atomic E-state index is 5.50. The average Bonchev–Trinajstić information content (AvgIpc) is 2.48. The Morgan fingerprint density at radius 3 is 2.40 bits per heavy atom. The van der Waals surface area contributed by atoms with Gasteiger partial charge in [-0.2, -0.15) is 0 Å². The minimum absolute atomic E-state index is 0.300. The summed E-state index contributed by atoms with van der Waals surface area (Å²) in [5.74, 6) is 2.62. The van der Waals surface area contributed by atoms with Crippen molar-refractivity contribution in [2.75, 3.05) is 14.2 Å². The van der Waals surface area contributed by atoms with Crippen LogP contribution >= 0.6 is 0 Å². The van der Waals surface area contributed by atoms with Gasteiger partial charge in [0.15, 0.2) is 0 Å². The first-order valence-electron chi connectivity index (χ1n) is 7.62.